The molecule has 0 saturated heterocycles. The summed E-state index contributed by atoms with van der Waals surface area (Å²) in [6.07, 6.45) is 0. The van der Waals surface area contributed by atoms with Crippen molar-refractivity contribution in [2.24, 2.45) is 0 Å². The summed E-state index contributed by atoms with van der Waals surface area (Å²) in [7, 11) is 5.05. The van der Waals surface area contributed by atoms with E-state index in [0.29, 0.717) is 0 Å². The molecule has 0 spiro atoms. The standard InChI is InChI=1S/C26H23BO3/c1-28-21-10-4-18(5-11-21)24-16-17-27-26(20-8-14-23(30-3)15-9-20)25(24)19-6-12-22(29-2)13-7-19/h4-17H,1-3H3. The number of rotatable bonds is 6. The number of hydrogen-bond acceptors (Lipinski definition) is 3. The van der Waals surface area contributed by atoms with Crippen LogP contribution < -0.4 is 14.2 Å². The van der Waals surface area contributed by atoms with Crippen molar-refractivity contribution in [1.82, 2.24) is 0 Å². The number of methoxy groups -OCH3 is 3. The first-order valence-corrected chi connectivity index (χ1v) is 9.80. The summed E-state index contributed by atoms with van der Waals surface area (Å²) < 4.78 is 16.0. The fourth-order valence-corrected chi connectivity index (χ4v) is 3.64. The van der Waals surface area contributed by atoms with Crippen LogP contribution in [0.1, 0.15) is 0 Å². The number of benzene rings is 3. The van der Waals surface area contributed by atoms with Crippen molar-refractivity contribution in [2.45, 2.75) is 0 Å². The molecule has 0 aliphatic carbocycles. The maximum atomic E-state index is 5.36. The molecule has 4 rings (SSSR count). The third-order valence-corrected chi connectivity index (χ3v) is 5.25. The zero-order valence-electron chi connectivity index (χ0n) is 17.4. The van der Waals surface area contributed by atoms with Gasteiger partial charge in [0, 0.05) is 0 Å². The number of ether oxygens (including phenoxy) is 3. The van der Waals surface area contributed by atoms with Crippen molar-refractivity contribution in [2.75, 3.05) is 21.3 Å². The summed E-state index contributed by atoms with van der Waals surface area (Å²) in [6.45, 7) is 2.16. The summed E-state index contributed by atoms with van der Waals surface area (Å²) in [5.41, 5.74) is 6.91. The molecule has 1 heterocycles. The Morgan fingerprint density at radius 3 is 1.40 bits per heavy atom. The van der Waals surface area contributed by atoms with E-state index in [0.717, 1.165) is 45.0 Å². The van der Waals surface area contributed by atoms with Gasteiger partial charge in [-0.3, -0.25) is 0 Å². The molecule has 0 saturated carbocycles. The molecule has 0 fully saturated rings. The molecule has 0 aliphatic heterocycles. The normalized spacial score (nSPS) is 10.4. The van der Waals surface area contributed by atoms with E-state index in [9.17, 15) is 0 Å². The third kappa shape index (κ3) is 3.94. The van der Waals surface area contributed by atoms with Crippen molar-refractivity contribution in [3.05, 3.63) is 84.8 Å². The van der Waals surface area contributed by atoms with Gasteiger partial charge >= 0.3 is 178 Å². The van der Waals surface area contributed by atoms with Crippen LogP contribution in [0.5, 0.6) is 17.2 Å². The molecule has 0 radical (unpaired) electrons. The predicted octanol–water partition coefficient (Wildman–Crippen LogP) is 6.05. The van der Waals surface area contributed by atoms with Gasteiger partial charge in [0.15, 0.2) is 0 Å². The Kier molecular flexibility index (Phi) is 5.85. The van der Waals surface area contributed by atoms with E-state index < -0.39 is 0 Å². The van der Waals surface area contributed by atoms with Crippen LogP contribution in [-0.4, -0.2) is 28.2 Å². The van der Waals surface area contributed by atoms with Crippen molar-refractivity contribution in [1.29, 1.82) is 0 Å². The Bertz CT molecular complexity index is 1050. The van der Waals surface area contributed by atoms with E-state index in [2.05, 4.69) is 55.3 Å². The van der Waals surface area contributed by atoms with Gasteiger partial charge in [-0.15, -0.1) is 0 Å². The second-order valence-corrected chi connectivity index (χ2v) is 6.91. The summed E-state index contributed by atoms with van der Waals surface area (Å²) in [6, 6.07) is 26.7. The van der Waals surface area contributed by atoms with Gasteiger partial charge < -0.3 is 0 Å². The van der Waals surface area contributed by atoms with E-state index in [1.807, 2.05) is 36.4 Å². The topological polar surface area (TPSA) is 27.7 Å². The third-order valence-electron chi connectivity index (χ3n) is 5.25. The Balaban J connectivity index is 1.92. The molecule has 1 aromatic heterocycles. The monoisotopic (exact) mass is 394 g/mol. The Morgan fingerprint density at radius 1 is 0.500 bits per heavy atom. The molecule has 148 valence electrons. The van der Waals surface area contributed by atoms with Crippen molar-refractivity contribution < 1.29 is 14.2 Å². The van der Waals surface area contributed by atoms with Crippen molar-refractivity contribution >= 4 is 6.91 Å². The van der Waals surface area contributed by atoms with Gasteiger partial charge in [0.1, 0.15) is 0 Å². The summed E-state index contributed by atoms with van der Waals surface area (Å²) >= 11 is 0. The van der Waals surface area contributed by atoms with Gasteiger partial charge in [-0.05, 0) is 0 Å². The first-order chi connectivity index (χ1) is 14.7. The summed E-state index contributed by atoms with van der Waals surface area (Å²) in [4.78, 5) is 0. The molecule has 4 heteroatoms. The van der Waals surface area contributed by atoms with Gasteiger partial charge in [-0.2, -0.15) is 0 Å². The maximum absolute atomic E-state index is 5.36. The van der Waals surface area contributed by atoms with Crippen LogP contribution in [0.4, 0.5) is 0 Å². The summed E-state index contributed by atoms with van der Waals surface area (Å²) in [5, 5.41) is 0. The van der Waals surface area contributed by atoms with Crippen LogP contribution in [0.3, 0.4) is 0 Å². The van der Waals surface area contributed by atoms with Crippen LogP contribution in [0.25, 0.3) is 33.3 Å². The number of hydrogen-bond donors (Lipinski definition) is 0. The van der Waals surface area contributed by atoms with Crippen LogP contribution in [-0.2, 0) is 0 Å². The fourth-order valence-electron chi connectivity index (χ4n) is 3.64. The van der Waals surface area contributed by atoms with Gasteiger partial charge in [0.05, 0.1) is 0 Å². The Hall–Kier alpha value is -3.53. The molecule has 0 amide bonds. The predicted molar refractivity (Wildman–Crippen MR) is 124 cm³/mol. The summed E-state index contributed by atoms with van der Waals surface area (Å²) in [5.74, 6) is 4.63. The first kappa shape index (κ1) is 19.8. The average molecular weight is 394 g/mol. The second kappa shape index (κ2) is 8.87. The molecule has 0 atom stereocenters. The van der Waals surface area contributed by atoms with Crippen LogP contribution in [0, 0.1) is 0 Å². The van der Waals surface area contributed by atoms with E-state index in [4.69, 9.17) is 14.2 Å². The fraction of sp³-hybridized carbons (Fsp3) is 0.115. The van der Waals surface area contributed by atoms with Crippen LogP contribution >= 0.6 is 0 Å². The molecule has 0 N–H and O–H groups in total. The Labute approximate surface area is 178 Å². The van der Waals surface area contributed by atoms with Gasteiger partial charge in [0.2, 0.25) is 0 Å². The van der Waals surface area contributed by atoms with E-state index in [-0.39, 0.29) is 0 Å². The molecule has 4 aromatic rings. The van der Waals surface area contributed by atoms with Crippen LogP contribution in [0.2, 0.25) is 0 Å². The Morgan fingerprint density at radius 2 is 0.933 bits per heavy atom. The van der Waals surface area contributed by atoms with Gasteiger partial charge in [0.25, 0.3) is 0 Å². The second-order valence-electron chi connectivity index (χ2n) is 6.91. The molecule has 0 unspecified atom stereocenters. The molecular weight excluding hydrogens is 371 g/mol. The van der Waals surface area contributed by atoms with Gasteiger partial charge in [-0.1, -0.05) is 0 Å². The average Bonchev–Trinajstić information content (AvgIpc) is 2.84. The molecule has 0 bridgehead atoms. The molecule has 0 aliphatic rings. The zero-order valence-corrected chi connectivity index (χ0v) is 17.4. The minimum absolute atomic E-state index is 0.840. The van der Waals surface area contributed by atoms with E-state index in [1.54, 1.807) is 21.3 Å². The molecule has 30 heavy (non-hydrogen) atoms. The first-order valence-electron chi connectivity index (χ1n) is 9.80. The van der Waals surface area contributed by atoms with E-state index in [1.165, 1.54) is 5.56 Å². The molecule has 3 aromatic carbocycles. The molecule has 3 nitrogen and oxygen atoms in total. The quantitative estimate of drug-likeness (QED) is 0.398. The molecular formula is C26H23BO3. The SMILES string of the molecule is COc1ccc(-c2bccc(-c3ccc(OC)cc3)c2-c2ccc(OC)cc2)cc1. The zero-order chi connectivity index (χ0) is 20.9. The minimum atomic E-state index is 0.840. The van der Waals surface area contributed by atoms with Crippen LogP contribution in [0.15, 0.2) is 84.8 Å². The van der Waals surface area contributed by atoms with Crippen molar-refractivity contribution in [3.63, 3.8) is 0 Å². The van der Waals surface area contributed by atoms with Gasteiger partial charge in [-0.25, -0.2) is 0 Å². The van der Waals surface area contributed by atoms with Crippen molar-refractivity contribution in [3.8, 4) is 50.5 Å². The van der Waals surface area contributed by atoms with E-state index >= 15 is 0 Å².